The van der Waals surface area contributed by atoms with E-state index < -0.39 is 0 Å². The van der Waals surface area contributed by atoms with Crippen molar-refractivity contribution in [2.24, 2.45) is 0 Å². The Balaban J connectivity index is 2.34. The number of benzene rings is 1. The molecule has 1 atom stereocenters. The molecule has 1 aromatic rings. The van der Waals surface area contributed by atoms with Crippen LogP contribution in [0.15, 0.2) is 18.2 Å². The van der Waals surface area contributed by atoms with E-state index in [0.717, 1.165) is 24.3 Å². The molecule has 1 aliphatic heterocycles. The van der Waals surface area contributed by atoms with Gasteiger partial charge < -0.3 is 16.0 Å². The van der Waals surface area contributed by atoms with E-state index in [1.807, 2.05) is 12.1 Å². The molecule has 0 aromatic heterocycles. The summed E-state index contributed by atoms with van der Waals surface area (Å²) in [6.07, 6.45) is 4.80. The van der Waals surface area contributed by atoms with Crippen molar-refractivity contribution >= 4 is 17.3 Å². The molecule has 0 radical (unpaired) electrons. The summed E-state index contributed by atoms with van der Waals surface area (Å²) in [4.78, 5) is 14.1. The Hall–Kier alpha value is -1.71. The lowest BCUT2D eigenvalue weighted by molar-refractivity contribution is 0.0963. The minimum Gasteiger partial charge on any atom is -0.397 e. The Kier molecular flexibility index (Phi) is 4.30. The number of hydrogen-bond acceptors (Lipinski definition) is 3. The zero-order chi connectivity index (χ0) is 13.8. The summed E-state index contributed by atoms with van der Waals surface area (Å²) < 4.78 is 0. The maximum Gasteiger partial charge on any atom is 0.251 e. The van der Waals surface area contributed by atoms with Crippen LogP contribution in [0, 0.1) is 0 Å². The molecule has 2 rings (SSSR count). The number of amides is 1. The molecule has 1 fully saturated rings. The predicted octanol–water partition coefficient (Wildman–Crippen LogP) is 2.40. The largest absolute Gasteiger partial charge is 0.397 e. The van der Waals surface area contributed by atoms with Gasteiger partial charge in [0.2, 0.25) is 0 Å². The second kappa shape index (κ2) is 5.95. The van der Waals surface area contributed by atoms with E-state index in [1.165, 1.54) is 19.3 Å². The minimum atomic E-state index is -0.0636. The molecule has 1 aliphatic rings. The van der Waals surface area contributed by atoms with Crippen molar-refractivity contribution < 1.29 is 4.79 Å². The second-order valence-corrected chi connectivity index (χ2v) is 5.10. The first-order valence-electron chi connectivity index (χ1n) is 7.05. The number of carbonyl (C=O) groups is 1. The van der Waals surface area contributed by atoms with Crippen LogP contribution in [0.5, 0.6) is 0 Å². The van der Waals surface area contributed by atoms with Gasteiger partial charge in [-0.1, -0.05) is 6.92 Å². The Morgan fingerprint density at radius 3 is 2.95 bits per heavy atom. The van der Waals surface area contributed by atoms with Crippen molar-refractivity contribution in [3.63, 3.8) is 0 Å². The second-order valence-electron chi connectivity index (χ2n) is 5.10. The number of rotatable bonds is 3. The molecular weight excluding hydrogens is 238 g/mol. The highest BCUT2D eigenvalue weighted by atomic mass is 16.1. The van der Waals surface area contributed by atoms with Crippen molar-refractivity contribution in [3.8, 4) is 0 Å². The molecule has 1 saturated heterocycles. The van der Waals surface area contributed by atoms with Crippen molar-refractivity contribution in [1.82, 2.24) is 5.32 Å². The summed E-state index contributed by atoms with van der Waals surface area (Å²) in [5, 5.41) is 2.66. The third-order valence-electron chi connectivity index (χ3n) is 3.93. The van der Waals surface area contributed by atoms with Gasteiger partial charge in [0.15, 0.2) is 0 Å². The van der Waals surface area contributed by atoms with Crippen LogP contribution < -0.4 is 16.0 Å². The molecule has 0 saturated carbocycles. The highest BCUT2D eigenvalue weighted by Gasteiger charge is 2.23. The van der Waals surface area contributed by atoms with Crippen LogP contribution >= 0.6 is 0 Å². The molecule has 0 spiro atoms. The van der Waals surface area contributed by atoms with Gasteiger partial charge in [0.05, 0.1) is 11.4 Å². The summed E-state index contributed by atoms with van der Waals surface area (Å²) in [6.45, 7) is 3.24. The van der Waals surface area contributed by atoms with Crippen molar-refractivity contribution in [1.29, 1.82) is 0 Å². The first-order valence-corrected chi connectivity index (χ1v) is 7.05. The molecule has 0 bridgehead atoms. The Morgan fingerprint density at radius 1 is 1.47 bits per heavy atom. The maximum absolute atomic E-state index is 11.7. The SMILES string of the molecule is CCC1CCCCN1c1cc(C(=O)NC)ccc1N. The number of nitrogens with one attached hydrogen (secondary N) is 1. The van der Waals surface area contributed by atoms with Gasteiger partial charge in [0.25, 0.3) is 5.91 Å². The fraction of sp³-hybridized carbons (Fsp3) is 0.533. The molecule has 4 heteroatoms. The van der Waals surface area contributed by atoms with E-state index in [0.29, 0.717) is 11.6 Å². The van der Waals surface area contributed by atoms with Crippen LogP contribution in [-0.4, -0.2) is 25.5 Å². The summed E-state index contributed by atoms with van der Waals surface area (Å²) in [5.41, 5.74) is 8.54. The molecule has 3 N–H and O–H groups in total. The lowest BCUT2D eigenvalue weighted by Crippen LogP contribution is -2.39. The van der Waals surface area contributed by atoms with E-state index in [4.69, 9.17) is 5.73 Å². The molecule has 1 unspecified atom stereocenters. The molecule has 1 aromatic carbocycles. The summed E-state index contributed by atoms with van der Waals surface area (Å²) in [5.74, 6) is -0.0636. The van der Waals surface area contributed by atoms with Gasteiger partial charge in [-0.25, -0.2) is 0 Å². The molecule has 19 heavy (non-hydrogen) atoms. The highest BCUT2D eigenvalue weighted by molar-refractivity contribution is 5.96. The van der Waals surface area contributed by atoms with Crippen LogP contribution in [0.1, 0.15) is 43.0 Å². The number of nitrogen functional groups attached to an aromatic ring is 1. The monoisotopic (exact) mass is 261 g/mol. The van der Waals surface area contributed by atoms with E-state index in [-0.39, 0.29) is 5.91 Å². The smallest absolute Gasteiger partial charge is 0.251 e. The fourth-order valence-electron chi connectivity index (χ4n) is 2.82. The van der Waals surface area contributed by atoms with Gasteiger partial charge >= 0.3 is 0 Å². The average molecular weight is 261 g/mol. The first kappa shape index (κ1) is 13.7. The van der Waals surface area contributed by atoms with Crippen LogP contribution in [0.25, 0.3) is 0 Å². The van der Waals surface area contributed by atoms with Gasteiger partial charge in [-0.15, -0.1) is 0 Å². The Bertz CT molecular complexity index is 459. The number of carbonyl (C=O) groups excluding carboxylic acids is 1. The topological polar surface area (TPSA) is 58.4 Å². The quantitative estimate of drug-likeness (QED) is 0.821. The molecule has 1 amide bonds. The fourth-order valence-corrected chi connectivity index (χ4v) is 2.82. The van der Waals surface area contributed by atoms with Gasteiger partial charge in [-0.3, -0.25) is 4.79 Å². The molecule has 1 heterocycles. The minimum absolute atomic E-state index is 0.0636. The zero-order valence-corrected chi connectivity index (χ0v) is 11.8. The maximum atomic E-state index is 11.7. The highest BCUT2D eigenvalue weighted by Crippen LogP contribution is 2.31. The summed E-state index contributed by atoms with van der Waals surface area (Å²) >= 11 is 0. The standard InChI is InChI=1S/C15H23N3O/c1-3-12-6-4-5-9-18(12)14-10-11(15(19)17-2)7-8-13(14)16/h7-8,10,12H,3-6,9,16H2,1-2H3,(H,17,19). The van der Waals surface area contributed by atoms with Gasteiger partial charge in [0.1, 0.15) is 0 Å². The van der Waals surface area contributed by atoms with E-state index in [2.05, 4.69) is 17.1 Å². The normalized spacial score (nSPS) is 19.3. The van der Waals surface area contributed by atoms with Crippen LogP contribution in [-0.2, 0) is 0 Å². The number of hydrogen-bond donors (Lipinski definition) is 2. The molecule has 4 nitrogen and oxygen atoms in total. The Morgan fingerprint density at radius 2 is 2.26 bits per heavy atom. The lowest BCUT2D eigenvalue weighted by atomic mass is 9.98. The van der Waals surface area contributed by atoms with Crippen molar-refractivity contribution in [3.05, 3.63) is 23.8 Å². The summed E-state index contributed by atoms with van der Waals surface area (Å²) in [6, 6.07) is 6.07. The van der Waals surface area contributed by atoms with Crippen molar-refractivity contribution in [2.45, 2.75) is 38.6 Å². The van der Waals surface area contributed by atoms with Gasteiger partial charge in [-0.2, -0.15) is 0 Å². The first-order chi connectivity index (χ1) is 9.17. The summed E-state index contributed by atoms with van der Waals surface area (Å²) in [7, 11) is 1.65. The van der Waals surface area contributed by atoms with E-state index >= 15 is 0 Å². The predicted molar refractivity (Wildman–Crippen MR) is 79.5 cm³/mol. The zero-order valence-electron chi connectivity index (χ0n) is 11.8. The van der Waals surface area contributed by atoms with Crippen LogP contribution in [0.2, 0.25) is 0 Å². The third-order valence-corrected chi connectivity index (χ3v) is 3.93. The van der Waals surface area contributed by atoms with E-state index in [1.54, 1.807) is 13.1 Å². The molecular formula is C15H23N3O. The van der Waals surface area contributed by atoms with E-state index in [9.17, 15) is 4.79 Å². The number of anilines is 2. The lowest BCUT2D eigenvalue weighted by Gasteiger charge is -2.38. The number of nitrogens with two attached hydrogens (primary N) is 1. The third kappa shape index (κ3) is 2.83. The molecule has 0 aliphatic carbocycles. The van der Waals surface area contributed by atoms with Gasteiger partial charge in [-0.05, 0) is 43.9 Å². The molecule has 104 valence electrons. The van der Waals surface area contributed by atoms with Gasteiger partial charge in [0, 0.05) is 25.2 Å². The van der Waals surface area contributed by atoms with Crippen LogP contribution in [0.3, 0.4) is 0 Å². The van der Waals surface area contributed by atoms with Crippen molar-refractivity contribution in [2.75, 3.05) is 24.2 Å². The average Bonchev–Trinajstić information content (AvgIpc) is 2.47. The number of nitrogens with zero attached hydrogens (tertiary/aromatic N) is 1. The van der Waals surface area contributed by atoms with Crippen LogP contribution in [0.4, 0.5) is 11.4 Å². The Labute approximate surface area is 115 Å². The number of piperidine rings is 1.